The standard InChI is InChI=1S/C22H28N2O2/c1-6-16(2)23-24-21(25)18-9-7-17(8-10-18)15-26-20-13-11-19(12-14-20)22(3,4)5/h7-14H,6,15H2,1-5H3,(H,24,25)/b23-16+. The molecule has 1 amide bonds. The molecule has 4 heteroatoms. The van der Waals surface area contributed by atoms with E-state index < -0.39 is 0 Å². The summed E-state index contributed by atoms with van der Waals surface area (Å²) in [4.78, 5) is 12.0. The molecule has 0 bridgehead atoms. The van der Waals surface area contributed by atoms with Gasteiger partial charge in [0.05, 0.1) is 0 Å². The van der Waals surface area contributed by atoms with Crippen LogP contribution in [0.3, 0.4) is 0 Å². The molecule has 0 aliphatic rings. The average molecular weight is 352 g/mol. The van der Waals surface area contributed by atoms with Crippen LogP contribution in [0.4, 0.5) is 0 Å². The molecule has 0 saturated carbocycles. The van der Waals surface area contributed by atoms with Crippen LogP contribution in [0, 0.1) is 0 Å². The summed E-state index contributed by atoms with van der Waals surface area (Å²) < 4.78 is 5.83. The monoisotopic (exact) mass is 352 g/mol. The molecular weight excluding hydrogens is 324 g/mol. The summed E-state index contributed by atoms with van der Waals surface area (Å²) in [5.74, 6) is 0.632. The highest BCUT2D eigenvalue weighted by atomic mass is 16.5. The lowest BCUT2D eigenvalue weighted by atomic mass is 9.87. The summed E-state index contributed by atoms with van der Waals surface area (Å²) in [5.41, 5.74) is 6.45. The number of benzene rings is 2. The van der Waals surface area contributed by atoms with E-state index in [2.05, 4.69) is 43.4 Å². The largest absolute Gasteiger partial charge is 0.489 e. The third-order valence-electron chi connectivity index (χ3n) is 4.20. The lowest BCUT2D eigenvalue weighted by Crippen LogP contribution is -2.18. The summed E-state index contributed by atoms with van der Waals surface area (Å²) in [6.07, 6.45) is 0.813. The number of rotatable bonds is 6. The van der Waals surface area contributed by atoms with Crippen molar-refractivity contribution in [3.8, 4) is 5.75 Å². The smallest absolute Gasteiger partial charge is 0.271 e. The molecule has 0 unspecified atom stereocenters. The molecule has 0 aliphatic heterocycles. The molecule has 0 radical (unpaired) electrons. The number of amides is 1. The van der Waals surface area contributed by atoms with Crippen LogP contribution >= 0.6 is 0 Å². The Morgan fingerprint density at radius 2 is 1.65 bits per heavy atom. The molecule has 0 atom stereocenters. The Hall–Kier alpha value is -2.62. The van der Waals surface area contributed by atoms with E-state index in [-0.39, 0.29) is 11.3 Å². The fraction of sp³-hybridized carbons (Fsp3) is 0.364. The predicted molar refractivity (Wildman–Crippen MR) is 107 cm³/mol. The van der Waals surface area contributed by atoms with E-state index in [9.17, 15) is 4.79 Å². The van der Waals surface area contributed by atoms with Crippen LogP contribution < -0.4 is 10.2 Å². The van der Waals surface area contributed by atoms with Crippen LogP contribution in [0.25, 0.3) is 0 Å². The maximum absolute atomic E-state index is 12.0. The summed E-state index contributed by atoms with van der Waals surface area (Å²) in [5, 5.41) is 4.03. The maximum Gasteiger partial charge on any atom is 0.271 e. The number of hydrazone groups is 1. The lowest BCUT2D eigenvalue weighted by Gasteiger charge is -2.19. The van der Waals surface area contributed by atoms with Gasteiger partial charge in [-0.2, -0.15) is 5.10 Å². The van der Waals surface area contributed by atoms with Crippen LogP contribution in [-0.4, -0.2) is 11.6 Å². The second kappa shape index (κ2) is 8.65. The van der Waals surface area contributed by atoms with Crippen molar-refractivity contribution >= 4 is 11.6 Å². The average Bonchev–Trinajstić information content (AvgIpc) is 2.64. The van der Waals surface area contributed by atoms with Crippen LogP contribution in [0.15, 0.2) is 53.6 Å². The van der Waals surface area contributed by atoms with Crippen molar-refractivity contribution in [2.45, 2.75) is 53.1 Å². The number of carbonyl (C=O) groups is 1. The molecule has 0 heterocycles. The lowest BCUT2D eigenvalue weighted by molar-refractivity contribution is 0.0954. The van der Waals surface area contributed by atoms with Gasteiger partial charge in [-0.15, -0.1) is 0 Å². The van der Waals surface area contributed by atoms with E-state index in [4.69, 9.17) is 4.74 Å². The first-order valence-corrected chi connectivity index (χ1v) is 8.95. The molecule has 0 fully saturated rings. The van der Waals surface area contributed by atoms with E-state index in [1.54, 1.807) is 12.1 Å². The third-order valence-corrected chi connectivity index (χ3v) is 4.20. The summed E-state index contributed by atoms with van der Waals surface area (Å²) in [6, 6.07) is 15.6. The van der Waals surface area contributed by atoms with Gasteiger partial charge in [-0.25, -0.2) is 5.43 Å². The van der Waals surface area contributed by atoms with Crippen molar-refractivity contribution in [3.63, 3.8) is 0 Å². The first kappa shape index (κ1) is 19.7. The van der Waals surface area contributed by atoms with Crippen LogP contribution in [-0.2, 0) is 12.0 Å². The van der Waals surface area contributed by atoms with E-state index in [1.165, 1.54) is 5.56 Å². The minimum Gasteiger partial charge on any atom is -0.489 e. The fourth-order valence-corrected chi connectivity index (χ4v) is 2.26. The first-order chi connectivity index (χ1) is 12.3. The Kier molecular flexibility index (Phi) is 6.56. The summed E-state index contributed by atoms with van der Waals surface area (Å²) in [6.45, 7) is 10.9. The molecule has 2 aromatic carbocycles. The van der Waals surface area contributed by atoms with Crippen molar-refractivity contribution in [1.82, 2.24) is 5.43 Å². The molecular formula is C22H28N2O2. The van der Waals surface area contributed by atoms with Gasteiger partial charge in [-0.1, -0.05) is 52.0 Å². The zero-order valence-corrected chi connectivity index (χ0v) is 16.3. The molecule has 4 nitrogen and oxygen atoms in total. The van der Waals surface area contributed by atoms with E-state index in [0.29, 0.717) is 12.2 Å². The molecule has 0 aliphatic carbocycles. The minimum absolute atomic E-state index is 0.134. The molecule has 2 rings (SSSR count). The number of hydrogen-bond donors (Lipinski definition) is 1. The van der Waals surface area contributed by atoms with Crippen molar-refractivity contribution in [2.75, 3.05) is 0 Å². The Balaban J connectivity index is 1.92. The molecule has 0 saturated heterocycles. The second-order valence-electron chi connectivity index (χ2n) is 7.40. The van der Waals surface area contributed by atoms with Gasteiger partial charge >= 0.3 is 0 Å². The van der Waals surface area contributed by atoms with E-state index in [1.807, 2.05) is 38.1 Å². The Morgan fingerprint density at radius 1 is 1.04 bits per heavy atom. The predicted octanol–water partition coefficient (Wildman–Crippen LogP) is 5.08. The molecule has 138 valence electrons. The van der Waals surface area contributed by atoms with Gasteiger partial charge in [-0.3, -0.25) is 4.79 Å². The second-order valence-corrected chi connectivity index (χ2v) is 7.40. The highest BCUT2D eigenvalue weighted by Gasteiger charge is 2.13. The molecule has 2 aromatic rings. The summed E-state index contributed by atoms with van der Waals surface area (Å²) in [7, 11) is 0. The molecule has 1 N–H and O–H groups in total. The maximum atomic E-state index is 12.0. The van der Waals surface area contributed by atoms with Crippen molar-refractivity contribution < 1.29 is 9.53 Å². The normalized spacial score (nSPS) is 12.0. The van der Waals surface area contributed by atoms with Gasteiger partial charge in [0, 0.05) is 11.3 Å². The Morgan fingerprint density at radius 3 is 2.19 bits per heavy atom. The topological polar surface area (TPSA) is 50.7 Å². The quantitative estimate of drug-likeness (QED) is 0.582. The van der Waals surface area contributed by atoms with Crippen molar-refractivity contribution in [2.24, 2.45) is 5.10 Å². The molecule has 0 aromatic heterocycles. The highest BCUT2D eigenvalue weighted by molar-refractivity contribution is 5.95. The highest BCUT2D eigenvalue weighted by Crippen LogP contribution is 2.24. The SMILES string of the molecule is CC/C(C)=N/NC(=O)c1ccc(COc2ccc(C(C)(C)C)cc2)cc1. The number of nitrogens with one attached hydrogen (secondary N) is 1. The number of ether oxygens (including phenoxy) is 1. The van der Waals surface area contributed by atoms with Crippen LogP contribution in [0.1, 0.15) is 62.5 Å². The zero-order valence-electron chi connectivity index (χ0n) is 16.3. The number of nitrogens with zero attached hydrogens (tertiary/aromatic N) is 1. The van der Waals surface area contributed by atoms with Gasteiger partial charge in [0.1, 0.15) is 12.4 Å². The van der Waals surface area contributed by atoms with Crippen LogP contribution in [0.2, 0.25) is 0 Å². The first-order valence-electron chi connectivity index (χ1n) is 8.95. The third kappa shape index (κ3) is 5.73. The van der Waals surface area contributed by atoms with Crippen molar-refractivity contribution in [1.29, 1.82) is 0 Å². The summed E-state index contributed by atoms with van der Waals surface area (Å²) >= 11 is 0. The molecule has 26 heavy (non-hydrogen) atoms. The van der Waals surface area contributed by atoms with Crippen LogP contribution in [0.5, 0.6) is 5.75 Å². The van der Waals surface area contributed by atoms with E-state index in [0.717, 1.165) is 23.4 Å². The molecule has 0 spiro atoms. The van der Waals surface area contributed by atoms with Gasteiger partial charge in [0.15, 0.2) is 0 Å². The van der Waals surface area contributed by atoms with Gasteiger partial charge in [0.2, 0.25) is 0 Å². The van der Waals surface area contributed by atoms with Gasteiger partial charge in [-0.05, 0) is 54.2 Å². The van der Waals surface area contributed by atoms with Gasteiger partial charge in [0.25, 0.3) is 5.91 Å². The van der Waals surface area contributed by atoms with Gasteiger partial charge < -0.3 is 4.74 Å². The number of hydrogen-bond acceptors (Lipinski definition) is 3. The minimum atomic E-state index is -0.206. The zero-order chi connectivity index (χ0) is 19.2. The Bertz CT molecular complexity index is 754. The Labute approximate surface area is 156 Å². The fourth-order valence-electron chi connectivity index (χ4n) is 2.26. The van der Waals surface area contributed by atoms with Crippen molar-refractivity contribution in [3.05, 3.63) is 65.2 Å². The number of carbonyl (C=O) groups excluding carboxylic acids is 1. The van der Waals surface area contributed by atoms with E-state index >= 15 is 0 Å².